The van der Waals surface area contributed by atoms with Crippen LogP contribution < -0.4 is 9.47 Å². The van der Waals surface area contributed by atoms with E-state index >= 15 is 0 Å². The van der Waals surface area contributed by atoms with Crippen LogP contribution in [0.25, 0.3) is 0 Å². The molecule has 0 N–H and O–H groups in total. The van der Waals surface area contributed by atoms with Gasteiger partial charge < -0.3 is 9.47 Å². The molecule has 0 amide bonds. The summed E-state index contributed by atoms with van der Waals surface area (Å²) in [5.74, 6) is 2.20. The number of nitrogens with zero attached hydrogens (tertiary/aromatic N) is 1. The summed E-state index contributed by atoms with van der Waals surface area (Å²) in [7, 11) is -1.28. The Hall–Kier alpha value is -2.05. The number of hydrogen-bond acceptors (Lipinski definition) is 5. The van der Waals surface area contributed by atoms with Crippen LogP contribution in [-0.4, -0.2) is 51.1 Å². The average Bonchev–Trinajstić information content (AvgIpc) is 3.03. The Morgan fingerprint density at radius 1 is 1.11 bits per heavy atom. The maximum atomic E-state index is 11.9. The first kappa shape index (κ1) is 19.7. The molecule has 0 aliphatic carbocycles. The molecule has 0 spiro atoms. The first-order valence-electron chi connectivity index (χ1n) is 9.23. The predicted molar refractivity (Wildman–Crippen MR) is 107 cm³/mol. The molecule has 1 heterocycles. The van der Waals surface area contributed by atoms with Gasteiger partial charge in [-0.15, -0.1) is 0 Å². The van der Waals surface area contributed by atoms with E-state index in [1.54, 1.807) is 7.11 Å². The molecule has 5 nitrogen and oxygen atoms in total. The topological polar surface area (TPSA) is 55.8 Å². The Balaban J connectivity index is 1.66. The molecule has 1 unspecified atom stereocenters. The second-order valence-electron chi connectivity index (χ2n) is 6.99. The third-order valence-electron chi connectivity index (χ3n) is 5.00. The highest BCUT2D eigenvalue weighted by Gasteiger charge is 2.32. The second kappa shape index (κ2) is 8.76. The van der Waals surface area contributed by atoms with E-state index in [1.165, 1.54) is 0 Å². The fraction of sp³-hybridized carbons (Fsp3) is 0.429. The van der Waals surface area contributed by atoms with E-state index in [-0.39, 0.29) is 17.5 Å². The molecule has 0 aromatic heterocycles. The maximum Gasteiger partial charge on any atom is 0.151 e. The van der Waals surface area contributed by atoms with E-state index in [1.807, 2.05) is 55.5 Å². The summed E-state index contributed by atoms with van der Waals surface area (Å²) in [6, 6.07) is 15.9. The highest BCUT2D eigenvalue weighted by atomic mass is 32.2. The second-order valence-corrected chi connectivity index (χ2v) is 9.22. The summed E-state index contributed by atoms with van der Waals surface area (Å²) in [6.07, 6.45) is 0.683. The quantitative estimate of drug-likeness (QED) is 0.694. The van der Waals surface area contributed by atoms with Gasteiger partial charge >= 0.3 is 0 Å². The van der Waals surface area contributed by atoms with Crippen molar-refractivity contribution in [3.8, 4) is 11.5 Å². The summed E-state index contributed by atoms with van der Waals surface area (Å²) in [5.41, 5.74) is 2.23. The number of sulfone groups is 1. The van der Waals surface area contributed by atoms with Gasteiger partial charge in [0.15, 0.2) is 9.84 Å². The van der Waals surface area contributed by atoms with Gasteiger partial charge in [-0.2, -0.15) is 0 Å². The first-order chi connectivity index (χ1) is 13.0. The average molecular weight is 390 g/mol. The largest absolute Gasteiger partial charge is 0.497 e. The molecular weight excluding hydrogens is 362 g/mol. The van der Waals surface area contributed by atoms with Gasteiger partial charge in [-0.05, 0) is 42.7 Å². The van der Waals surface area contributed by atoms with E-state index in [0.29, 0.717) is 26.1 Å². The summed E-state index contributed by atoms with van der Waals surface area (Å²) in [4.78, 5) is 2.23. The van der Waals surface area contributed by atoms with Crippen LogP contribution in [0, 0.1) is 6.92 Å². The summed E-state index contributed by atoms with van der Waals surface area (Å²) in [6.45, 7) is 3.92. The van der Waals surface area contributed by atoms with Crippen LogP contribution in [0.15, 0.2) is 48.5 Å². The fourth-order valence-corrected chi connectivity index (χ4v) is 5.17. The predicted octanol–water partition coefficient (Wildman–Crippen LogP) is 3.07. The minimum Gasteiger partial charge on any atom is -0.497 e. The lowest BCUT2D eigenvalue weighted by Crippen LogP contribution is -2.38. The first-order valence-corrected chi connectivity index (χ1v) is 11.0. The van der Waals surface area contributed by atoms with Gasteiger partial charge in [0.05, 0.1) is 18.6 Å². The smallest absolute Gasteiger partial charge is 0.151 e. The Bertz CT molecular complexity index is 849. The fourth-order valence-electron chi connectivity index (χ4n) is 3.41. The Morgan fingerprint density at radius 2 is 1.85 bits per heavy atom. The molecule has 1 fully saturated rings. The molecule has 0 saturated carbocycles. The molecule has 27 heavy (non-hydrogen) atoms. The molecule has 1 aliphatic rings. The number of hydrogen-bond donors (Lipinski definition) is 0. The van der Waals surface area contributed by atoms with Gasteiger partial charge in [0.1, 0.15) is 18.1 Å². The minimum atomic E-state index is -2.93. The van der Waals surface area contributed by atoms with E-state index in [2.05, 4.69) is 4.90 Å². The van der Waals surface area contributed by atoms with Crippen molar-refractivity contribution in [3.63, 3.8) is 0 Å². The Labute approximate surface area is 161 Å². The van der Waals surface area contributed by atoms with E-state index in [0.717, 1.165) is 22.6 Å². The van der Waals surface area contributed by atoms with Gasteiger partial charge in [-0.3, -0.25) is 4.90 Å². The van der Waals surface area contributed by atoms with Crippen molar-refractivity contribution in [2.24, 2.45) is 0 Å². The van der Waals surface area contributed by atoms with Crippen molar-refractivity contribution in [2.45, 2.75) is 25.9 Å². The summed E-state index contributed by atoms with van der Waals surface area (Å²) >= 11 is 0. The zero-order valence-corrected chi connectivity index (χ0v) is 16.7. The van der Waals surface area contributed by atoms with E-state index in [4.69, 9.17) is 9.47 Å². The molecule has 2 aromatic rings. The summed E-state index contributed by atoms with van der Waals surface area (Å²) in [5, 5.41) is 0. The number of ether oxygens (including phenoxy) is 2. The molecule has 146 valence electrons. The molecule has 1 saturated heterocycles. The Kier molecular flexibility index (Phi) is 6.39. The van der Waals surface area contributed by atoms with Gasteiger partial charge in [0.25, 0.3) is 0 Å². The highest BCUT2D eigenvalue weighted by molar-refractivity contribution is 7.91. The SMILES string of the molecule is COc1ccc(CN(CCOc2ccccc2C)C2CCS(=O)(=O)C2)cc1. The van der Waals surface area contributed by atoms with Crippen LogP contribution in [0.5, 0.6) is 11.5 Å². The van der Waals surface area contributed by atoms with E-state index in [9.17, 15) is 8.42 Å². The molecule has 3 rings (SSSR count). The van der Waals surface area contributed by atoms with Crippen LogP contribution in [-0.2, 0) is 16.4 Å². The van der Waals surface area contributed by atoms with Crippen LogP contribution in [0.2, 0.25) is 0 Å². The monoisotopic (exact) mass is 389 g/mol. The van der Waals surface area contributed by atoms with Crippen LogP contribution in [0.4, 0.5) is 0 Å². The van der Waals surface area contributed by atoms with Crippen LogP contribution >= 0.6 is 0 Å². The third kappa shape index (κ3) is 5.47. The van der Waals surface area contributed by atoms with Crippen LogP contribution in [0.1, 0.15) is 17.5 Å². The number of rotatable bonds is 8. The standard InChI is InChI=1S/C21H27NO4S/c1-17-5-3-4-6-21(17)26-13-12-22(19-11-14-27(23,24)16-19)15-18-7-9-20(25-2)10-8-18/h3-10,19H,11-16H2,1-2H3. The number of aryl methyl sites for hydroxylation is 1. The van der Waals surface area contributed by atoms with Crippen molar-refractivity contribution in [1.29, 1.82) is 0 Å². The van der Waals surface area contributed by atoms with E-state index < -0.39 is 9.84 Å². The molecule has 1 atom stereocenters. The number of para-hydroxylation sites is 1. The lowest BCUT2D eigenvalue weighted by atomic mass is 10.1. The Morgan fingerprint density at radius 3 is 2.48 bits per heavy atom. The third-order valence-corrected chi connectivity index (χ3v) is 6.75. The van der Waals surface area contributed by atoms with Gasteiger partial charge in [-0.25, -0.2) is 8.42 Å². The summed E-state index contributed by atoms with van der Waals surface area (Å²) < 4.78 is 35.0. The molecule has 2 aromatic carbocycles. The molecule has 6 heteroatoms. The van der Waals surface area contributed by atoms with Crippen LogP contribution in [0.3, 0.4) is 0 Å². The lowest BCUT2D eigenvalue weighted by Gasteiger charge is -2.28. The van der Waals surface area contributed by atoms with Crippen molar-refractivity contribution >= 4 is 9.84 Å². The maximum absolute atomic E-state index is 11.9. The van der Waals surface area contributed by atoms with Gasteiger partial charge in [0.2, 0.25) is 0 Å². The number of benzene rings is 2. The van der Waals surface area contributed by atoms with Crippen molar-refractivity contribution in [2.75, 3.05) is 31.8 Å². The van der Waals surface area contributed by atoms with Crippen molar-refractivity contribution in [1.82, 2.24) is 4.90 Å². The zero-order valence-electron chi connectivity index (χ0n) is 15.9. The highest BCUT2D eigenvalue weighted by Crippen LogP contribution is 2.22. The van der Waals surface area contributed by atoms with Gasteiger partial charge in [-0.1, -0.05) is 30.3 Å². The van der Waals surface area contributed by atoms with Crippen molar-refractivity contribution in [3.05, 3.63) is 59.7 Å². The zero-order chi connectivity index (χ0) is 19.3. The van der Waals surface area contributed by atoms with Gasteiger partial charge in [0, 0.05) is 19.1 Å². The normalized spacial score (nSPS) is 18.6. The minimum absolute atomic E-state index is 0.0394. The molecule has 0 radical (unpaired) electrons. The molecular formula is C21H27NO4S. The molecule has 1 aliphatic heterocycles. The van der Waals surface area contributed by atoms with Crippen molar-refractivity contribution < 1.29 is 17.9 Å². The molecule has 0 bridgehead atoms. The lowest BCUT2D eigenvalue weighted by molar-refractivity contribution is 0.162. The number of methoxy groups -OCH3 is 1.